The van der Waals surface area contributed by atoms with Crippen LogP contribution in [0.4, 0.5) is 9.59 Å². The Balaban J connectivity index is 1.69. The van der Waals surface area contributed by atoms with Gasteiger partial charge in [-0.05, 0) is 0 Å². The summed E-state index contributed by atoms with van der Waals surface area (Å²) in [4.78, 5) is 28.1. The van der Waals surface area contributed by atoms with Crippen LogP contribution in [0.15, 0.2) is 6.20 Å². The number of rotatable bonds is 3. The maximum Gasteiger partial charge on any atom is 0.418 e. The number of carbonyl (C=O) groups excluding carboxylic acids is 2. The van der Waals surface area contributed by atoms with Crippen molar-refractivity contribution in [2.24, 2.45) is 5.73 Å². The molecule has 27 heavy (non-hydrogen) atoms. The topological polar surface area (TPSA) is 163 Å². The third kappa shape index (κ3) is 3.04. The van der Waals surface area contributed by atoms with Gasteiger partial charge < -0.3 is 20.9 Å². The average Bonchev–Trinajstić information content (AvgIpc) is 3.18. The maximum atomic E-state index is 12.7. The lowest BCUT2D eigenvalue weighted by Gasteiger charge is -2.28. The van der Waals surface area contributed by atoms with Gasteiger partial charge in [0.1, 0.15) is 6.04 Å². The quantitative estimate of drug-likeness (QED) is 0.500. The Morgan fingerprint density at radius 1 is 1.41 bits per heavy atom. The summed E-state index contributed by atoms with van der Waals surface area (Å²) < 4.78 is 36.8. The van der Waals surface area contributed by atoms with Gasteiger partial charge in [-0.1, -0.05) is 0 Å². The van der Waals surface area contributed by atoms with E-state index in [9.17, 15) is 18.0 Å². The number of amides is 3. The maximum absolute atomic E-state index is 12.7. The highest BCUT2D eigenvalue weighted by Crippen LogP contribution is 2.43. The van der Waals surface area contributed by atoms with Crippen LogP contribution in [0.25, 0.3) is 0 Å². The average molecular weight is 401 g/mol. The third-order valence-corrected chi connectivity index (χ3v) is 5.24. The van der Waals surface area contributed by atoms with Crippen molar-refractivity contribution < 1.29 is 26.8 Å². The first kappa shape index (κ1) is 18.1. The van der Waals surface area contributed by atoms with E-state index in [-0.39, 0.29) is 19.1 Å². The van der Waals surface area contributed by atoms with Crippen molar-refractivity contribution >= 4 is 22.5 Å². The lowest BCUT2D eigenvalue weighted by Crippen LogP contribution is -2.48. The minimum absolute atomic E-state index is 0.0318. The zero-order valence-corrected chi connectivity index (χ0v) is 15.0. The Bertz CT molecular complexity index is 880. The number of hydrogen-bond acceptors (Lipinski definition) is 8. The summed E-state index contributed by atoms with van der Waals surface area (Å²) in [6.07, 6.45) is 1.46. The van der Waals surface area contributed by atoms with Crippen molar-refractivity contribution in [3.63, 3.8) is 0 Å². The van der Waals surface area contributed by atoms with E-state index in [1.165, 1.54) is 15.8 Å². The van der Waals surface area contributed by atoms with Crippen molar-refractivity contribution in [3.05, 3.63) is 17.5 Å². The Kier molecular flexibility index (Phi) is 4.31. The molecule has 13 nitrogen and oxygen atoms in total. The molecule has 1 aromatic heterocycles. The molecule has 0 aliphatic carbocycles. The summed E-state index contributed by atoms with van der Waals surface area (Å²) in [7, 11) is -4.89. The lowest BCUT2D eigenvalue weighted by atomic mass is 9.98. The fraction of sp³-hybridized carbons (Fsp3) is 0.615. The number of nitrogens with two attached hydrogens (primary N) is 1. The molecular weight excluding hydrogens is 382 g/mol. The van der Waals surface area contributed by atoms with Gasteiger partial charge in [-0.2, -0.15) is 23.3 Å². The van der Waals surface area contributed by atoms with E-state index in [1.54, 1.807) is 4.90 Å². The van der Waals surface area contributed by atoms with Crippen molar-refractivity contribution in [1.82, 2.24) is 30.0 Å². The lowest BCUT2D eigenvalue weighted by molar-refractivity contribution is -0.0317. The van der Waals surface area contributed by atoms with E-state index in [4.69, 9.17) is 10.3 Å². The van der Waals surface area contributed by atoms with Gasteiger partial charge in [0.25, 0.3) is 0 Å². The summed E-state index contributed by atoms with van der Waals surface area (Å²) in [5.74, 6) is 0. The van der Waals surface area contributed by atoms with Gasteiger partial charge >= 0.3 is 22.5 Å². The van der Waals surface area contributed by atoms with E-state index < -0.39 is 28.5 Å². The molecule has 2 unspecified atom stereocenters. The van der Waals surface area contributed by atoms with Crippen LogP contribution in [0.5, 0.6) is 0 Å². The molecule has 2 fully saturated rings. The predicted molar refractivity (Wildman–Crippen MR) is 88.6 cm³/mol. The number of nitrogens with zero attached hydrogens (tertiary/aromatic N) is 5. The number of hydrogen-bond donors (Lipinski definition) is 3. The van der Waals surface area contributed by atoms with Gasteiger partial charge in [-0.3, -0.25) is 4.55 Å². The molecule has 1 aromatic rings. The second-order valence-electron chi connectivity index (χ2n) is 6.46. The minimum Gasteiger partial charge on any atom is -0.328 e. The molecule has 0 spiro atoms. The molecule has 2 bridgehead atoms. The Hall–Kier alpha value is -2.26. The van der Waals surface area contributed by atoms with Crippen molar-refractivity contribution in [2.45, 2.75) is 12.1 Å². The van der Waals surface area contributed by atoms with Crippen LogP contribution in [0.3, 0.4) is 0 Å². The normalized spacial score (nSPS) is 25.1. The molecule has 0 radical (unpaired) electrons. The zero-order valence-electron chi connectivity index (χ0n) is 14.2. The smallest absolute Gasteiger partial charge is 0.328 e. The Morgan fingerprint density at radius 3 is 2.74 bits per heavy atom. The summed E-state index contributed by atoms with van der Waals surface area (Å²) in [5.41, 5.74) is 6.66. The van der Waals surface area contributed by atoms with Crippen LogP contribution in [-0.4, -0.2) is 88.9 Å². The second kappa shape index (κ2) is 6.42. The van der Waals surface area contributed by atoms with Gasteiger partial charge in [-0.25, -0.2) is 9.59 Å². The fourth-order valence-electron chi connectivity index (χ4n) is 3.67. The summed E-state index contributed by atoms with van der Waals surface area (Å²) in [5, 5.41) is 8.05. The van der Waals surface area contributed by atoms with Crippen LogP contribution >= 0.6 is 0 Å². The number of hydroxylamine groups is 2. The highest BCUT2D eigenvalue weighted by molar-refractivity contribution is 7.80. The van der Waals surface area contributed by atoms with E-state index >= 15 is 0 Å². The van der Waals surface area contributed by atoms with Gasteiger partial charge in [0.2, 0.25) is 0 Å². The van der Waals surface area contributed by atoms with Crippen molar-refractivity contribution in [1.29, 1.82) is 0 Å². The van der Waals surface area contributed by atoms with E-state index in [1.807, 2.05) is 0 Å². The first-order valence-electron chi connectivity index (χ1n) is 8.36. The molecule has 2 atom stereocenters. The zero-order chi connectivity index (χ0) is 19.3. The molecule has 4 N–H and O–H groups in total. The van der Waals surface area contributed by atoms with E-state index in [2.05, 4.69) is 14.7 Å². The molecule has 14 heteroatoms. The fourth-order valence-corrected chi connectivity index (χ4v) is 4.04. The van der Waals surface area contributed by atoms with E-state index in [0.717, 1.165) is 0 Å². The minimum atomic E-state index is -4.89. The van der Waals surface area contributed by atoms with Gasteiger partial charge in [0.15, 0.2) is 0 Å². The largest absolute Gasteiger partial charge is 0.418 e. The van der Waals surface area contributed by atoms with Crippen LogP contribution < -0.4 is 11.1 Å². The van der Waals surface area contributed by atoms with E-state index in [0.29, 0.717) is 42.5 Å². The molecule has 3 aliphatic rings. The van der Waals surface area contributed by atoms with Crippen LogP contribution in [-0.2, 0) is 14.7 Å². The van der Waals surface area contributed by atoms with Gasteiger partial charge in [-0.15, -0.1) is 4.28 Å². The van der Waals surface area contributed by atoms with Crippen molar-refractivity contribution in [2.75, 3.05) is 39.3 Å². The van der Waals surface area contributed by atoms with Crippen LogP contribution in [0.2, 0.25) is 0 Å². The highest BCUT2D eigenvalue weighted by atomic mass is 32.3. The monoisotopic (exact) mass is 401 g/mol. The molecule has 3 amide bonds. The number of fused-ring (bicyclic) bond motifs is 4. The highest BCUT2D eigenvalue weighted by Gasteiger charge is 2.51. The predicted octanol–water partition coefficient (Wildman–Crippen LogP) is -1.72. The summed E-state index contributed by atoms with van der Waals surface area (Å²) >= 11 is 0. The molecule has 2 saturated heterocycles. The third-order valence-electron chi connectivity index (χ3n) is 4.89. The number of urea groups is 1. The number of carbonyl (C=O) groups is 2. The standard InChI is InChI=1S/C13H19N7O6S/c14-5-9-11-8(6-19(16-11)12(21)17-3-1-15-2-4-17)10-7-18(9)13(22)20(10)26-27(23,24)25/h6,9-10,15H,1-5,7,14H2,(H,23,24,25). The number of piperazine rings is 1. The van der Waals surface area contributed by atoms with Crippen LogP contribution in [0.1, 0.15) is 23.3 Å². The molecule has 4 heterocycles. The van der Waals surface area contributed by atoms with Gasteiger partial charge in [0, 0.05) is 44.5 Å². The molecule has 4 rings (SSSR count). The molecule has 3 aliphatic heterocycles. The molecular formula is C13H19N7O6S. The Morgan fingerprint density at radius 2 is 2.11 bits per heavy atom. The Labute approximate surface area is 154 Å². The summed E-state index contributed by atoms with van der Waals surface area (Å²) in [6.45, 7) is 2.57. The SMILES string of the molecule is NCC1c2nn(C(=O)N3CCNCC3)cc2C2CN1C(=O)N2OS(=O)(=O)O. The summed E-state index contributed by atoms with van der Waals surface area (Å²) in [6, 6.07) is -2.52. The molecule has 0 saturated carbocycles. The number of aromatic nitrogens is 2. The van der Waals surface area contributed by atoms with Crippen molar-refractivity contribution in [3.8, 4) is 0 Å². The second-order valence-corrected chi connectivity index (χ2v) is 7.47. The van der Waals surface area contributed by atoms with Gasteiger partial charge in [0.05, 0.1) is 18.3 Å². The molecule has 148 valence electrons. The van der Waals surface area contributed by atoms with Crippen LogP contribution in [0, 0.1) is 0 Å². The molecule has 0 aromatic carbocycles. The first-order chi connectivity index (χ1) is 12.8. The number of nitrogens with one attached hydrogen (secondary N) is 1. The first-order valence-corrected chi connectivity index (χ1v) is 9.73.